The highest BCUT2D eigenvalue weighted by Crippen LogP contribution is 2.08. The van der Waals surface area contributed by atoms with E-state index in [9.17, 15) is 0 Å². The summed E-state index contributed by atoms with van der Waals surface area (Å²) in [7, 11) is 0. The Bertz CT molecular complexity index is 155. The molecule has 0 aromatic carbocycles. The van der Waals surface area contributed by atoms with Crippen molar-refractivity contribution in [3.8, 4) is 0 Å². The van der Waals surface area contributed by atoms with Crippen molar-refractivity contribution in [3.63, 3.8) is 0 Å². The molecule has 0 aliphatic rings. The highest BCUT2D eigenvalue weighted by Gasteiger charge is 1.99. The van der Waals surface area contributed by atoms with Crippen LogP contribution in [0.4, 0.5) is 0 Å². The minimum absolute atomic E-state index is 0.503. The molecule has 0 saturated heterocycles. The van der Waals surface area contributed by atoms with E-state index in [0.29, 0.717) is 4.83 Å². The zero-order chi connectivity index (χ0) is 6.69. The Morgan fingerprint density at radius 1 is 1.78 bits per heavy atom. The monoisotopic (exact) mass is 188 g/mol. The second-order valence-corrected chi connectivity index (χ2v) is 3.63. The zero-order valence-corrected chi connectivity index (χ0v) is 6.89. The Kier molecular flexibility index (Phi) is 2.34. The molecule has 0 aliphatic heterocycles. The molecule has 0 spiro atoms. The van der Waals surface area contributed by atoms with Crippen LogP contribution < -0.4 is 0 Å². The highest BCUT2D eigenvalue weighted by atomic mass is 79.9. The van der Waals surface area contributed by atoms with Crippen LogP contribution in [0.2, 0.25) is 0 Å². The minimum atomic E-state index is 0.503. The minimum Gasteiger partial charge on any atom is -0.469 e. The van der Waals surface area contributed by atoms with Gasteiger partial charge in [-0.2, -0.15) is 0 Å². The van der Waals surface area contributed by atoms with Gasteiger partial charge in [0.05, 0.1) is 6.26 Å². The van der Waals surface area contributed by atoms with Crippen LogP contribution in [-0.4, -0.2) is 4.83 Å². The summed E-state index contributed by atoms with van der Waals surface area (Å²) in [6, 6.07) is 3.89. The first kappa shape index (κ1) is 6.87. The second kappa shape index (κ2) is 3.06. The summed E-state index contributed by atoms with van der Waals surface area (Å²) in [6.07, 6.45) is 2.66. The SMILES string of the molecule is CC(Br)Cc1ccco1. The molecule has 1 unspecified atom stereocenters. The summed E-state index contributed by atoms with van der Waals surface area (Å²) in [6.45, 7) is 2.10. The first-order chi connectivity index (χ1) is 4.29. The van der Waals surface area contributed by atoms with Gasteiger partial charge in [-0.3, -0.25) is 0 Å². The molecule has 1 aromatic heterocycles. The van der Waals surface area contributed by atoms with E-state index >= 15 is 0 Å². The van der Waals surface area contributed by atoms with Crippen LogP contribution in [0.15, 0.2) is 22.8 Å². The molecule has 0 radical (unpaired) electrons. The summed E-state index contributed by atoms with van der Waals surface area (Å²) in [4.78, 5) is 0.503. The summed E-state index contributed by atoms with van der Waals surface area (Å²) >= 11 is 3.44. The van der Waals surface area contributed by atoms with E-state index in [2.05, 4.69) is 22.9 Å². The second-order valence-electron chi connectivity index (χ2n) is 2.06. The maximum atomic E-state index is 5.11. The Balaban J connectivity index is 2.48. The average Bonchev–Trinajstić information content (AvgIpc) is 2.15. The van der Waals surface area contributed by atoms with Gasteiger partial charge in [0.1, 0.15) is 5.76 Å². The normalized spacial score (nSPS) is 13.6. The summed E-state index contributed by atoms with van der Waals surface area (Å²) in [5.74, 6) is 1.04. The van der Waals surface area contributed by atoms with E-state index in [1.807, 2.05) is 12.1 Å². The van der Waals surface area contributed by atoms with Crippen LogP contribution in [0.25, 0.3) is 0 Å². The van der Waals surface area contributed by atoms with Gasteiger partial charge in [0.25, 0.3) is 0 Å². The zero-order valence-electron chi connectivity index (χ0n) is 5.30. The lowest BCUT2D eigenvalue weighted by atomic mass is 10.3. The molecule has 0 amide bonds. The van der Waals surface area contributed by atoms with Gasteiger partial charge < -0.3 is 4.42 Å². The van der Waals surface area contributed by atoms with Gasteiger partial charge in [-0.25, -0.2) is 0 Å². The van der Waals surface area contributed by atoms with E-state index in [0.717, 1.165) is 12.2 Å². The van der Waals surface area contributed by atoms with Gasteiger partial charge in [0.2, 0.25) is 0 Å². The van der Waals surface area contributed by atoms with Gasteiger partial charge in [-0.15, -0.1) is 0 Å². The number of hydrogen-bond donors (Lipinski definition) is 0. The number of halogens is 1. The van der Waals surface area contributed by atoms with Crippen molar-refractivity contribution in [2.75, 3.05) is 0 Å². The number of rotatable bonds is 2. The van der Waals surface area contributed by atoms with E-state index in [4.69, 9.17) is 4.42 Å². The van der Waals surface area contributed by atoms with Gasteiger partial charge in [0.15, 0.2) is 0 Å². The van der Waals surface area contributed by atoms with Gasteiger partial charge in [-0.1, -0.05) is 22.9 Å². The average molecular weight is 189 g/mol. The van der Waals surface area contributed by atoms with E-state index < -0.39 is 0 Å². The van der Waals surface area contributed by atoms with Crippen molar-refractivity contribution in [2.24, 2.45) is 0 Å². The predicted molar refractivity (Wildman–Crippen MR) is 40.8 cm³/mol. The van der Waals surface area contributed by atoms with Crippen LogP contribution in [-0.2, 0) is 6.42 Å². The summed E-state index contributed by atoms with van der Waals surface area (Å²) in [5.41, 5.74) is 0. The third kappa shape index (κ3) is 2.22. The number of hydrogen-bond acceptors (Lipinski definition) is 1. The predicted octanol–water partition coefficient (Wildman–Crippen LogP) is 2.61. The van der Waals surface area contributed by atoms with Crippen molar-refractivity contribution in [1.82, 2.24) is 0 Å². The quantitative estimate of drug-likeness (QED) is 0.651. The Hall–Kier alpha value is -0.240. The lowest BCUT2D eigenvalue weighted by Crippen LogP contribution is -1.93. The molecule has 9 heavy (non-hydrogen) atoms. The summed E-state index contributed by atoms with van der Waals surface area (Å²) in [5, 5.41) is 0. The molecule has 50 valence electrons. The van der Waals surface area contributed by atoms with E-state index in [1.54, 1.807) is 6.26 Å². The molecule has 1 aromatic rings. The highest BCUT2D eigenvalue weighted by molar-refractivity contribution is 9.09. The standard InChI is InChI=1S/C7H9BrO/c1-6(8)5-7-3-2-4-9-7/h2-4,6H,5H2,1H3. The van der Waals surface area contributed by atoms with Gasteiger partial charge in [-0.05, 0) is 12.1 Å². The lowest BCUT2D eigenvalue weighted by Gasteiger charge is -1.96. The van der Waals surface area contributed by atoms with Crippen molar-refractivity contribution in [2.45, 2.75) is 18.2 Å². The Morgan fingerprint density at radius 3 is 3.00 bits per heavy atom. The fourth-order valence-electron chi connectivity index (χ4n) is 0.706. The third-order valence-corrected chi connectivity index (χ3v) is 1.39. The van der Waals surface area contributed by atoms with Crippen molar-refractivity contribution >= 4 is 15.9 Å². The maximum absolute atomic E-state index is 5.11. The maximum Gasteiger partial charge on any atom is 0.104 e. The van der Waals surface area contributed by atoms with Crippen LogP contribution >= 0.6 is 15.9 Å². The van der Waals surface area contributed by atoms with Crippen LogP contribution in [0.3, 0.4) is 0 Å². The Morgan fingerprint density at radius 2 is 2.56 bits per heavy atom. The molecular formula is C7H9BrO. The fraction of sp³-hybridized carbons (Fsp3) is 0.429. The van der Waals surface area contributed by atoms with Gasteiger partial charge >= 0.3 is 0 Å². The van der Waals surface area contributed by atoms with Crippen LogP contribution in [0.1, 0.15) is 12.7 Å². The molecule has 0 aliphatic carbocycles. The number of alkyl halides is 1. The first-order valence-electron chi connectivity index (χ1n) is 2.95. The molecule has 1 rings (SSSR count). The van der Waals surface area contributed by atoms with Crippen LogP contribution in [0.5, 0.6) is 0 Å². The fourth-order valence-corrected chi connectivity index (χ4v) is 1.03. The summed E-state index contributed by atoms with van der Waals surface area (Å²) < 4.78 is 5.11. The molecule has 2 heteroatoms. The van der Waals surface area contributed by atoms with Crippen molar-refractivity contribution < 1.29 is 4.42 Å². The van der Waals surface area contributed by atoms with Crippen LogP contribution in [0, 0.1) is 0 Å². The topological polar surface area (TPSA) is 13.1 Å². The van der Waals surface area contributed by atoms with Gasteiger partial charge in [0, 0.05) is 11.2 Å². The molecule has 0 saturated carbocycles. The van der Waals surface area contributed by atoms with Crippen molar-refractivity contribution in [3.05, 3.63) is 24.2 Å². The van der Waals surface area contributed by atoms with E-state index in [1.165, 1.54) is 0 Å². The smallest absolute Gasteiger partial charge is 0.104 e. The molecule has 0 N–H and O–H groups in total. The lowest BCUT2D eigenvalue weighted by molar-refractivity contribution is 0.509. The first-order valence-corrected chi connectivity index (χ1v) is 3.87. The number of furan rings is 1. The molecule has 1 nitrogen and oxygen atoms in total. The third-order valence-electron chi connectivity index (χ3n) is 1.06. The van der Waals surface area contributed by atoms with E-state index in [-0.39, 0.29) is 0 Å². The largest absolute Gasteiger partial charge is 0.469 e. The molecule has 0 bridgehead atoms. The Labute approximate surface area is 63.2 Å². The molecule has 1 heterocycles. The molecular weight excluding hydrogens is 180 g/mol. The van der Waals surface area contributed by atoms with Crippen molar-refractivity contribution in [1.29, 1.82) is 0 Å². The molecule has 1 atom stereocenters. The molecule has 0 fully saturated rings.